The van der Waals surface area contributed by atoms with Gasteiger partial charge >= 0.3 is 0 Å². The number of hydrogen-bond donors (Lipinski definition) is 2. The number of rotatable bonds is 8. The van der Waals surface area contributed by atoms with E-state index < -0.39 is 0 Å². The Morgan fingerprint density at radius 3 is 2.87 bits per heavy atom. The second-order valence-electron chi connectivity index (χ2n) is 6.61. The third-order valence-corrected chi connectivity index (χ3v) is 6.63. The van der Waals surface area contributed by atoms with Crippen molar-refractivity contribution >= 4 is 50.5 Å². The van der Waals surface area contributed by atoms with Crippen LogP contribution in [-0.4, -0.2) is 38.1 Å². The topological polar surface area (TPSA) is 109 Å². The molecule has 3 rings (SSSR count). The van der Waals surface area contributed by atoms with Gasteiger partial charge in [0.25, 0.3) is 0 Å². The molecule has 9 heteroatoms. The zero-order chi connectivity index (χ0) is 21.7. The molecule has 0 bridgehead atoms. The number of thioether (sulfide) groups is 1. The van der Waals surface area contributed by atoms with Gasteiger partial charge in [-0.2, -0.15) is 0 Å². The first kappa shape index (κ1) is 21.9. The van der Waals surface area contributed by atoms with Crippen LogP contribution in [0, 0.1) is 6.92 Å². The second-order valence-corrected chi connectivity index (χ2v) is 8.62. The summed E-state index contributed by atoms with van der Waals surface area (Å²) in [5.41, 5.74) is 7.70. The molecule has 1 aromatic carbocycles. The summed E-state index contributed by atoms with van der Waals surface area (Å²) in [4.78, 5) is 34.9. The number of aryl methyl sites for hydroxylation is 1. The van der Waals surface area contributed by atoms with Gasteiger partial charge in [-0.1, -0.05) is 0 Å². The highest BCUT2D eigenvalue weighted by molar-refractivity contribution is 8.17. The largest absolute Gasteiger partial charge is 0.396 e. The molecule has 0 unspecified atom stereocenters. The molecule has 0 radical (unpaired) electrons. The van der Waals surface area contributed by atoms with E-state index in [9.17, 15) is 14.7 Å². The monoisotopic (exact) mass is 442 g/mol. The Labute approximate surface area is 182 Å². The fourth-order valence-electron chi connectivity index (χ4n) is 2.88. The molecule has 0 atom stereocenters. The Bertz CT molecular complexity index is 1110. The van der Waals surface area contributed by atoms with Gasteiger partial charge in [-0.15, -0.1) is 11.3 Å². The van der Waals surface area contributed by atoms with Crippen molar-refractivity contribution in [2.24, 2.45) is 0 Å². The number of thiophene rings is 1. The number of amides is 1. The molecule has 2 aromatic heterocycles. The molecule has 0 saturated carbocycles. The summed E-state index contributed by atoms with van der Waals surface area (Å²) in [7, 11) is 0. The van der Waals surface area contributed by atoms with Crippen LogP contribution in [0.25, 0.3) is 10.1 Å². The standard InChI is InChI=1S/C21H22N4O3S2/c1-13(25(12-27)11-17-10-23-14(2)24-20(17)22)18(5-7-26)30-21(28)16-3-4-19-15(9-16)6-8-29-19/h3-4,6,8-10,12,26H,5,7,11H2,1-2H3,(H2,22,23,24). The Morgan fingerprint density at radius 1 is 1.37 bits per heavy atom. The predicted octanol–water partition coefficient (Wildman–Crippen LogP) is 3.73. The minimum Gasteiger partial charge on any atom is -0.396 e. The van der Waals surface area contributed by atoms with Crippen molar-refractivity contribution in [1.82, 2.24) is 14.9 Å². The number of benzene rings is 1. The van der Waals surface area contributed by atoms with Crippen LogP contribution in [0.4, 0.5) is 5.82 Å². The van der Waals surface area contributed by atoms with Crippen LogP contribution in [0.15, 0.2) is 46.4 Å². The molecule has 3 N–H and O–H groups in total. The van der Waals surface area contributed by atoms with Crippen molar-refractivity contribution < 1.29 is 14.7 Å². The van der Waals surface area contributed by atoms with Crippen LogP contribution in [0.2, 0.25) is 0 Å². The molecular formula is C21H22N4O3S2. The average molecular weight is 443 g/mol. The van der Waals surface area contributed by atoms with Gasteiger partial charge in [-0.25, -0.2) is 9.97 Å². The molecule has 2 heterocycles. The zero-order valence-corrected chi connectivity index (χ0v) is 18.3. The number of hydrogen-bond acceptors (Lipinski definition) is 8. The van der Waals surface area contributed by atoms with E-state index in [0.29, 0.717) is 39.8 Å². The predicted molar refractivity (Wildman–Crippen MR) is 121 cm³/mol. The molecule has 7 nitrogen and oxygen atoms in total. The third kappa shape index (κ3) is 5.05. The first-order chi connectivity index (χ1) is 14.4. The Hall–Kier alpha value is -2.75. The number of nitrogens with zero attached hydrogens (tertiary/aromatic N) is 3. The number of aliphatic hydroxyl groups excluding tert-OH is 1. The van der Waals surface area contributed by atoms with Crippen LogP contribution < -0.4 is 5.73 Å². The van der Waals surface area contributed by atoms with Crippen LogP contribution in [0.5, 0.6) is 0 Å². The summed E-state index contributed by atoms with van der Waals surface area (Å²) in [6.07, 6.45) is 2.52. The summed E-state index contributed by atoms with van der Waals surface area (Å²) in [5, 5.41) is 12.3. The Morgan fingerprint density at radius 2 is 2.17 bits per heavy atom. The van der Waals surface area contributed by atoms with Crippen LogP contribution in [0.1, 0.15) is 35.1 Å². The van der Waals surface area contributed by atoms with E-state index in [1.54, 1.807) is 37.4 Å². The van der Waals surface area contributed by atoms with Gasteiger partial charge in [-0.3, -0.25) is 9.59 Å². The normalized spacial score (nSPS) is 12.0. The molecule has 3 aromatic rings. The summed E-state index contributed by atoms with van der Waals surface area (Å²) in [6.45, 7) is 3.51. The third-order valence-electron chi connectivity index (χ3n) is 4.56. The number of nitrogens with two attached hydrogens (primary N) is 1. The Balaban J connectivity index is 1.85. The maximum Gasteiger partial charge on any atom is 0.223 e. The molecule has 0 saturated heterocycles. The summed E-state index contributed by atoms with van der Waals surface area (Å²) in [5.74, 6) is 0.851. The molecule has 0 aliphatic heterocycles. The van der Waals surface area contributed by atoms with E-state index in [4.69, 9.17) is 5.73 Å². The molecular weight excluding hydrogens is 420 g/mol. The van der Waals surface area contributed by atoms with E-state index in [-0.39, 0.29) is 24.7 Å². The van der Waals surface area contributed by atoms with Crippen molar-refractivity contribution in [2.45, 2.75) is 26.8 Å². The summed E-state index contributed by atoms with van der Waals surface area (Å²) in [6, 6.07) is 7.55. The smallest absolute Gasteiger partial charge is 0.223 e. The number of fused-ring (bicyclic) bond motifs is 1. The van der Waals surface area contributed by atoms with Gasteiger partial charge in [0.05, 0.1) is 6.54 Å². The van der Waals surface area contributed by atoms with Crippen molar-refractivity contribution in [3.8, 4) is 0 Å². The minimum atomic E-state index is -0.144. The molecule has 30 heavy (non-hydrogen) atoms. The fourth-order valence-corrected chi connectivity index (χ4v) is 4.58. The number of anilines is 1. The number of aliphatic hydroxyl groups is 1. The van der Waals surface area contributed by atoms with E-state index in [0.717, 1.165) is 21.8 Å². The van der Waals surface area contributed by atoms with E-state index in [1.807, 2.05) is 23.6 Å². The minimum absolute atomic E-state index is 0.140. The van der Waals surface area contributed by atoms with Gasteiger partial charge in [0.1, 0.15) is 11.6 Å². The molecule has 0 aliphatic rings. The number of nitrogen functional groups attached to an aromatic ring is 1. The second kappa shape index (κ2) is 9.84. The van der Waals surface area contributed by atoms with Gasteiger partial charge in [0.2, 0.25) is 11.5 Å². The quantitative estimate of drug-likeness (QED) is 0.512. The Kier molecular flexibility index (Phi) is 7.20. The van der Waals surface area contributed by atoms with Gasteiger partial charge in [0.15, 0.2) is 0 Å². The molecule has 0 fully saturated rings. The molecule has 0 aliphatic carbocycles. The first-order valence-electron chi connectivity index (χ1n) is 9.23. The maximum absolute atomic E-state index is 12.9. The zero-order valence-electron chi connectivity index (χ0n) is 16.7. The SMILES string of the molecule is CC(=C(CCO)SC(=O)c1ccc2sccc2c1)N(C=O)Cc1cnc(C)nc1N. The van der Waals surface area contributed by atoms with Crippen molar-refractivity contribution in [3.63, 3.8) is 0 Å². The lowest BCUT2D eigenvalue weighted by Crippen LogP contribution is -2.22. The van der Waals surface area contributed by atoms with E-state index in [1.165, 1.54) is 4.90 Å². The lowest BCUT2D eigenvalue weighted by atomic mass is 10.2. The fraction of sp³-hybridized carbons (Fsp3) is 0.238. The molecule has 156 valence electrons. The summed E-state index contributed by atoms with van der Waals surface area (Å²) >= 11 is 2.64. The van der Waals surface area contributed by atoms with E-state index in [2.05, 4.69) is 9.97 Å². The van der Waals surface area contributed by atoms with Gasteiger partial charge in [0, 0.05) is 45.7 Å². The van der Waals surface area contributed by atoms with Crippen LogP contribution in [0.3, 0.4) is 0 Å². The number of aromatic nitrogens is 2. The van der Waals surface area contributed by atoms with Gasteiger partial charge in [-0.05, 0) is 60.6 Å². The average Bonchev–Trinajstić information content (AvgIpc) is 3.20. The molecule has 0 spiro atoms. The van der Waals surface area contributed by atoms with Crippen LogP contribution in [-0.2, 0) is 11.3 Å². The van der Waals surface area contributed by atoms with Gasteiger partial charge < -0.3 is 15.7 Å². The van der Waals surface area contributed by atoms with Crippen molar-refractivity contribution in [2.75, 3.05) is 12.3 Å². The molecule has 1 amide bonds. The van der Waals surface area contributed by atoms with Crippen molar-refractivity contribution in [1.29, 1.82) is 0 Å². The number of carbonyl (C=O) groups excluding carboxylic acids is 2. The highest BCUT2D eigenvalue weighted by Crippen LogP contribution is 2.31. The highest BCUT2D eigenvalue weighted by atomic mass is 32.2. The number of carbonyl (C=O) groups is 2. The number of allylic oxidation sites excluding steroid dienone is 1. The maximum atomic E-state index is 12.9. The van der Waals surface area contributed by atoms with E-state index >= 15 is 0 Å². The lowest BCUT2D eigenvalue weighted by Gasteiger charge is -2.22. The van der Waals surface area contributed by atoms with Crippen molar-refractivity contribution in [3.05, 3.63) is 63.4 Å². The lowest BCUT2D eigenvalue weighted by molar-refractivity contribution is -0.116. The summed E-state index contributed by atoms with van der Waals surface area (Å²) < 4.78 is 1.11. The first-order valence-corrected chi connectivity index (χ1v) is 10.9. The highest BCUT2D eigenvalue weighted by Gasteiger charge is 2.18. The van der Waals surface area contributed by atoms with Crippen LogP contribution >= 0.6 is 23.1 Å².